The van der Waals surface area contributed by atoms with E-state index in [0.717, 1.165) is 12.1 Å². The number of rotatable bonds is 2. The van der Waals surface area contributed by atoms with Crippen LogP contribution in [0, 0.1) is 17.5 Å². The third kappa shape index (κ3) is 2.86. The fourth-order valence-corrected chi connectivity index (χ4v) is 3.18. The molecular formula is C18H15F3N4. The fourth-order valence-electron chi connectivity index (χ4n) is 3.18. The second-order valence-corrected chi connectivity index (χ2v) is 5.90. The number of fused-ring (bicyclic) bond motifs is 1. The molecule has 4 rings (SSSR count). The van der Waals surface area contributed by atoms with Crippen LogP contribution in [0.4, 0.5) is 24.7 Å². The molecular weight excluding hydrogens is 329 g/mol. The lowest BCUT2D eigenvalue weighted by atomic mass is 10.2. The molecule has 4 nitrogen and oxygen atoms in total. The van der Waals surface area contributed by atoms with Crippen LogP contribution in [0.2, 0.25) is 0 Å². The number of nitrogens with zero attached hydrogens (tertiary/aromatic N) is 4. The second kappa shape index (κ2) is 6.23. The van der Waals surface area contributed by atoms with Crippen molar-refractivity contribution in [2.24, 2.45) is 0 Å². The van der Waals surface area contributed by atoms with E-state index in [1.54, 1.807) is 17.0 Å². The lowest BCUT2D eigenvalue weighted by Crippen LogP contribution is -2.47. The van der Waals surface area contributed by atoms with E-state index in [2.05, 4.69) is 9.97 Å². The van der Waals surface area contributed by atoms with Gasteiger partial charge in [-0.2, -0.15) is 0 Å². The molecule has 3 aromatic rings. The fraction of sp³-hybridized carbons (Fsp3) is 0.222. The van der Waals surface area contributed by atoms with Crippen LogP contribution in [0.1, 0.15) is 0 Å². The third-order valence-corrected chi connectivity index (χ3v) is 4.42. The van der Waals surface area contributed by atoms with Gasteiger partial charge in [-0.25, -0.2) is 23.1 Å². The van der Waals surface area contributed by atoms with Crippen LogP contribution in [0.3, 0.4) is 0 Å². The molecule has 0 spiro atoms. The zero-order valence-corrected chi connectivity index (χ0v) is 13.3. The van der Waals surface area contributed by atoms with Crippen LogP contribution < -0.4 is 9.80 Å². The Morgan fingerprint density at radius 1 is 0.800 bits per heavy atom. The minimum atomic E-state index is -0.462. The maximum atomic E-state index is 13.9. The van der Waals surface area contributed by atoms with Crippen LogP contribution in [0.25, 0.3) is 10.9 Å². The van der Waals surface area contributed by atoms with Crippen molar-refractivity contribution in [3.63, 3.8) is 0 Å². The Bertz CT molecular complexity index is 923. The van der Waals surface area contributed by atoms with Gasteiger partial charge in [-0.3, -0.25) is 0 Å². The molecule has 0 atom stereocenters. The first kappa shape index (κ1) is 15.7. The van der Waals surface area contributed by atoms with E-state index in [0.29, 0.717) is 37.4 Å². The number of halogens is 3. The van der Waals surface area contributed by atoms with Gasteiger partial charge in [0, 0.05) is 37.6 Å². The number of anilines is 2. The van der Waals surface area contributed by atoms with Crippen molar-refractivity contribution in [1.82, 2.24) is 9.97 Å². The summed E-state index contributed by atoms with van der Waals surface area (Å²) in [7, 11) is 0. The molecule has 128 valence electrons. The summed E-state index contributed by atoms with van der Waals surface area (Å²) >= 11 is 0. The average Bonchev–Trinajstić information content (AvgIpc) is 2.64. The minimum absolute atomic E-state index is 0.262. The Balaban J connectivity index is 1.59. The topological polar surface area (TPSA) is 32.3 Å². The summed E-state index contributed by atoms with van der Waals surface area (Å²) in [5.41, 5.74) is 0.546. The Morgan fingerprint density at radius 3 is 2.36 bits per heavy atom. The Kier molecular flexibility index (Phi) is 3.91. The Hall–Kier alpha value is -2.83. The molecule has 1 aliphatic rings. The first-order chi connectivity index (χ1) is 12.1. The van der Waals surface area contributed by atoms with Gasteiger partial charge in [0.2, 0.25) is 0 Å². The second-order valence-electron chi connectivity index (χ2n) is 5.90. The van der Waals surface area contributed by atoms with Crippen LogP contribution in [0.15, 0.2) is 42.7 Å². The van der Waals surface area contributed by atoms with Crippen molar-refractivity contribution in [2.45, 2.75) is 0 Å². The van der Waals surface area contributed by atoms with E-state index in [1.807, 2.05) is 4.90 Å². The number of aromatic nitrogens is 2. The first-order valence-corrected chi connectivity index (χ1v) is 7.97. The molecule has 1 fully saturated rings. The van der Waals surface area contributed by atoms with Crippen molar-refractivity contribution in [2.75, 3.05) is 36.0 Å². The number of benzene rings is 2. The molecule has 25 heavy (non-hydrogen) atoms. The highest BCUT2D eigenvalue weighted by Crippen LogP contribution is 2.27. The van der Waals surface area contributed by atoms with E-state index in [-0.39, 0.29) is 17.0 Å². The average molecular weight is 344 g/mol. The molecule has 1 aromatic heterocycles. The molecule has 0 bridgehead atoms. The predicted molar refractivity (Wildman–Crippen MR) is 90.3 cm³/mol. The third-order valence-electron chi connectivity index (χ3n) is 4.42. The van der Waals surface area contributed by atoms with Gasteiger partial charge < -0.3 is 9.80 Å². The summed E-state index contributed by atoms with van der Waals surface area (Å²) < 4.78 is 41.2. The van der Waals surface area contributed by atoms with E-state index >= 15 is 0 Å². The van der Waals surface area contributed by atoms with Crippen LogP contribution in [-0.2, 0) is 0 Å². The maximum Gasteiger partial charge on any atom is 0.149 e. The number of hydrogen-bond acceptors (Lipinski definition) is 4. The molecule has 2 aromatic carbocycles. The van der Waals surface area contributed by atoms with Gasteiger partial charge >= 0.3 is 0 Å². The van der Waals surface area contributed by atoms with Gasteiger partial charge in [0.25, 0.3) is 0 Å². The largest absolute Gasteiger partial charge is 0.366 e. The summed E-state index contributed by atoms with van der Waals surface area (Å²) in [4.78, 5) is 12.1. The predicted octanol–water partition coefficient (Wildman–Crippen LogP) is 3.37. The number of para-hydroxylation sites is 1. The normalized spacial score (nSPS) is 15.0. The molecule has 0 amide bonds. The van der Waals surface area contributed by atoms with Gasteiger partial charge in [-0.1, -0.05) is 6.07 Å². The smallest absolute Gasteiger partial charge is 0.149 e. The van der Waals surface area contributed by atoms with Gasteiger partial charge in [-0.15, -0.1) is 0 Å². The van der Waals surface area contributed by atoms with Crippen molar-refractivity contribution >= 4 is 22.4 Å². The maximum absolute atomic E-state index is 13.9. The standard InChI is InChI=1S/C18H15F3N4/c19-12-4-5-14(20)16(10-12)24-6-8-25(9-7-24)18-13-2-1-3-15(21)17(13)22-11-23-18/h1-5,10-11H,6-9H2. The van der Waals surface area contributed by atoms with Crippen molar-refractivity contribution in [3.05, 3.63) is 60.2 Å². The van der Waals surface area contributed by atoms with Crippen LogP contribution in [0.5, 0.6) is 0 Å². The molecule has 1 aliphatic heterocycles. The quantitative estimate of drug-likeness (QED) is 0.713. The molecule has 0 N–H and O–H groups in total. The van der Waals surface area contributed by atoms with E-state index in [1.165, 1.54) is 18.5 Å². The monoisotopic (exact) mass is 344 g/mol. The molecule has 0 saturated carbocycles. The summed E-state index contributed by atoms with van der Waals surface area (Å²) in [6, 6.07) is 8.23. The lowest BCUT2D eigenvalue weighted by molar-refractivity contribution is 0.579. The summed E-state index contributed by atoms with van der Waals surface area (Å²) in [5.74, 6) is -0.633. The van der Waals surface area contributed by atoms with Crippen molar-refractivity contribution in [3.8, 4) is 0 Å². The van der Waals surface area contributed by atoms with Crippen LogP contribution >= 0.6 is 0 Å². The van der Waals surface area contributed by atoms with Gasteiger partial charge in [0.1, 0.15) is 35.1 Å². The number of hydrogen-bond donors (Lipinski definition) is 0. The van der Waals surface area contributed by atoms with Gasteiger partial charge in [0.15, 0.2) is 0 Å². The first-order valence-electron chi connectivity index (χ1n) is 7.97. The lowest BCUT2D eigenvalue weighted by Gasteiger charge is -2.37. The molecule has 7 heteroatoms. The SMILES string of the molecule is Fc1ccc(F)c(N2CCN(c3ncnc4c(F)cccc34)CC2)c1. The molecule has 0 unspecified atom stereocenters. The van der Waals surface area contributed by atoms with Gasteiger partial charge in [-0.05, 0) is 24.3 Å². The van der Waals surface area contributed by atoms with Crippen LogP contribution in [-0.4, -0.2) is 36.1 Å². The van der Waals surface area contributed by atoms with E-state index < -0.39 is 11.6 Å². The number of piperazine rings is 1. The zero-order chi connectivity index (χ0) is 17.4. The molecule has 0 radical (unpaired) electrons. The summed E-state index contributed by atoms with van der Waals surface area (Å²) in [5, 5.41) is 0.646. The highest BCUT2D eigenvalue weighted by atomic mass is 19.1. The highest BCUT2D eigenvalue weighted by Gasteiger charge is 2.22. The minimum Gasteiger partial charge on any atom is -0.366 e. The van der Waals surface area contributed by atoms with Crippen molar-refractivity contribution < 1.29 is 13.2 Å². The Labute approximate surface area is 142 Å². The van der Waals surface area contributed by atoms with Crippen molar-refractivity contribution in [1.29, 1.82) is 0 Å². The molecule has 2 heterocycles. The highest BCUT2D eigenvalue weighted by molar-refractivity contribution is 5.89. The van der Waals surface area contributed by atoms with E-state index in [9.17, 15) is 13.2 Å². The molecule has 0 aliphatic carbocycles. The zero-order valence-electron chi connectivity index (χ0n) is 13.3. The van der Waals surface area contributed by atoms with Gasteiger partial charge in [0.05, 0.1) is 5.69 Å². The van der Waals surface area contributed by atoms with E-state index in [4.69, 9.17) is 0 Å². The summed E-state index contributed by atoms with van der Waals surface area (Å²) in [6.45, 7) is 2.17. The molecule has 1 saturated heterocycles. The Morgan fingerprint density at radius 2 is 1.56 bits per heavy atom. The summed E-state index contributed by atoms with van der Waals surface area (Å²) in [6.07, 6.45) is 1.35.